The molecule has 1 aliphatic heterocycles. The Hall–Kier alpha value is -2.66. The summed E-state index contributed by atoms with van der Waals surface area (Å²) in [5.74, 6) is -0.476. The number of nitrogen functional groups attached to an aromatic ring is 1. The smallest absolute Gasteiger partial charge is 0.325 e. The molecule has 23 heavy (non-hydrogen) atoms. The molecule has 118 valence electrons. The van der Waals surface area contributed by atoms with Gasteiger partial charge in [0.2, 0.25) is 0 Å². The number of pyridine rings is 1. The number of aromatic nitrogens is 1. The van der Waals surface area contributed by atoms with E-state index >= 15 is 0 Å². The lowest BCUT2D eigenvalue weighted by Gasteiger charge is -2.31. The molecule has 2 heterocycles. The number of anilines is 1. The van der Waals surface area contributed by atoms with Crippen LogP contribution in [0.15, 0.2) is 54.7 Å². The Kier molecular flexibility index (Phi) is 4.39. The van der Waals surface area contributed by atoms with Gasteiger partial charge in [0.25, 0.3) is 0 Å². The zero-order valence-corrected chi connectivity index (χ0v) is 12.7. The number of hydrogen-bond donors (Lipinski definition) is 2. The van der Waals surface area contributed by atoms with Crippen molar-refractivity contribution < 1.29 is 9.90 Å². The standard InChI is InChI=1S/C18H19N3O2/c19-16-7-6-15(12-20-16)17(18(22)23)21-10-8-14(9-11-21)13-4-2-1-3-5-13/h1-8,12,17H,9-11H2,(H2,19,20)(H,22,23)/t17-/m1/s1. The average Bonchev–Trinajstić information content (AvgIpc) is 2.58. The van der Waals surface area contributed by atoms with E-state index in [1.165, 1.54) is 11.1 Å². The van der Waals surface area contributed by atoms with Crippen molar-refractivity contribution in [3.63, 3.8) is 0 Å². The second kappa shape index (κ2) is 6.62. The van der Waals surface area contributed by atoms with Gasteiger partial charge in [-0.2, -0.15) is 0 Å². The van der Waals surface area contributed by atoms with Crippen LogP contribution in [0, 0.1) is 0 Å². The Morgan fingerprint density at radius 3 is 2.57 bits per heavy atom. The molecule has 1 aromatic carbocycles. The Labute approximate surface area is 135 Å². The highest BCUT2D eigenvalue weighted by Crippen LogP contribution is 2.28. The fraction of sp³-hybridized carbons (Fsp3) is 0.222. The summed E-state index contributed by atoms with van der Waals surface area (Å²) in [7, 11) is 0. The van der Waals surface area contributed by atoms with Crippen molar-refractivity contribution >= 4 is 17.4 Å². The summed E-state index contributed by atoms with van der Waals surface area (Å²) in [5.41, 5.74) is 8.71. The molecular formula is C18H19N3O2. The van der Waals surface area contributed by atoms with E-state index in [2.05, 4.69) is 23.2 Å². The minimum atomic E-state index is -0.867. The molecule has 5 nitrogen and oxygen atoms in total. The minimum Gasteiger partial charge on any atom is -0.480 e. The molecule has 3 rings (SSSR count). The van der Waals surface area contributed by atoms with Crippen molar-refractivity contribution in [3.05, 3.63) is 65.9 Å². The van der Waals surface area contributed by atoms with E-state index < -0.39 is 12.0 Å². The summed E-state index contributed by atoms with van der Waals surface area (Å²) in [6.07, 6.45) is 4.49. The van der Waals surface area contributed by atoms with Gasteiger partial charge >= 0.3 is 5.97 Å². The second-order valence-electron chi connectivity index (χ2n) is 5.60. The Morgan fingerprint density at radius 2 is 2.00 bits per heavy atom. The number of rotatable bonds is 4. The number of nitrogens with zero attached hydrogens (tertiary/aromatic N) is 2. The largest absolute Gasteiger partial charge is 0.480 e. The molecule has 0 amide bonds. The first-order valence-corrected chi connectivity index (χ1v) is 7.58. The molecule has 0 bridgehead atoms. The van der Waals surface area contributed by atoms with Gasteiger partial charge in [0, 0.05) is 19.3 Å². The van der Waals surface area contributed by atoms with Crippen LogP contribution in [0.4, 0.5) is 5.82 Å². The van der Waals surface area contributed by atoms with Crippen molar-refractivity contribution in [2.24, 2.45) is 0 Å². The van der Waals surface area contributed by atoms with E-state index in [4.69, 9.17) is 5.73 Å². The minimum absolute atomic E-state index is 0.391. The van der Waals surface area contributed by atoms with Crippen molar-refractivity contribution in [1.82, 2.24) is 9.88 Å². The van der Waals surface area contributed by atoms with Gasteiger partial charge in [-0.05, 0) is 29.2 Å². The molecule has 0 spiro atoms. The number of hydrogen-bond acceptors (Lipinski definition) is 4. The molecule has 0 radical (unpaired) electrons. The first-order chi connectivity index (χ1) is 11.1. The first kappa shape index (κ1) is 15.2. The molecule has 1 atom stereocenters. The number of aliphatic carboxylic acids is 1. The number of carboxylic acids is 1. The van der Waals surface area contributed by atoms with E-state index in [-0.39, 0.29) is 0 Å². The number of nitrogens with two attached hydrogens (primary N) is 1. The van der Waals surface area contributed by atoms with Crippen molar-refractivity contribution in [1.29, 1.82) is 0 Å². The van der Waals surface area contributed by atoms with Gasteiger partial charge < -0.3 is 10.8 Å². The molecule has 1 aromatic heterocycles. The molecule has 1 aliphatic rings. The van der Waals surface area contributed by atoms with Gasteiger partial charge in [-0.25, -0.2) is 4.98 Å². The van der Waals surface area contributed by atoms with E-state index in [0.717, 1.165) is 6.42 Å². The van der Waals surface area contributed by atoms with Crippen LogP contribution in [0.3, 0.4) is 0 Å². The number of carboxylic acid groups (broad SMARTS) is 1. The molecule has 0 aliphatic carbocycles. The summed E-state index contributed by atoms with van der Waals surface area (Å²) in [5, 5.41) is 9.61. The monoisotopic (exact) mass is 309 g/mol. The van der Waals surface area contributed by atoms with Crippen LogP contribution in [-0.4, -0.2) is 34.0 Å². The third-order valence-corrected chi connectivity index (χ3v) is 4.11. The maximum atomic E-state index is 11.7. The molecule has 0 saturated heterocycles. The van der Waals surface area contributed by atoms with Crippen molar-refractivity contribution in [3.8, 4) is 0 Å². The number of carbonyl (C=O) groups is 1. The molecule has 5 heteroatoms. The van der Waals surface area contributed by atoms with Crippen LogP contribution in [0.2, 0.25) is 0 Å². The summed E-state index contributed by atoms with van der Waals surface area (Å²) >= 11 is 0. The highest BCUT2D eigenvalue weighted by molar-refractivity contribution is 5.76. The fourth-order valence-corrected chi connectivity index (χ4v) is 2.92. The van der Waals surface area contributed by atoms with Gasteiger partial charge in [-0.1, -0.05) is 42.5 Å². The highest BCUT2D eigenvalue weighted by Gasteiger charge is 2.28. The predicted molar refractivity (Wildman–Crippen MR) is 89.6 cm³/mol. The van der Waals surface area contributed by atoms with Crippen LogP contribution in [-0.2, 0) is 4.79 Å². The lowest BCUT2D eigenvalue weighted by Crippen LogP contribution is -2.37. The zero-order valence-electron chi connectivity index (χ0n) is 12.7. The SMILES string of the molecule is Nc1ccc([C@H](C(=O)O)N2CC=C(c3ccccc3)CC2)cn1. The van der Waals surface area contributed by atoms with Crippen LogP contribution in [0.5, 0.6) is 0 Å². The van der Waals surface area contributed by atoms with Crippen molar-refractivity contribution in [2.75, 3.05) is 18.8 Å². The van der Waals surface area contributed by atoms with Crippen LogP contribution >= 0.6 is 0 Å². The summed E-state index contributed by atoms with van der Waals surface area (Å²) < 4.78 is 0. The van der Waals surface area contributed by atoms with Crippen LogP contribution in [0.1, 0.15) is 23.6 Å². The third-order valence-electron chi connectivity index (χ3n) is 4.11. The Bertz CT molecular complexity index is 711. The maximum absolute atomic E-state index is 11.7. The van der Waals surface area contributed by atoms with E-state index in [9.17, 15) is 9.90 Å². The van der Waals surface area contributed by atoms with Gasteiger partial charge in [0.15, 0.2) is 0 Å². The summed E-state index contributed by atoms with van der Waals surface area (Å²) in [4.78, 5) is 17.7. The van der Waals surface area contributed by atoms with Gasteiger partial charge in [0.05, 0.1) is 0 Å². The van der Waals surface area contributed by atoms with Crippen LogP contribution < -0.4 is 5.73 Å². The fourth-order valence-electron chi connectivity index (χ4n) is 2.92. The molecular weight excluding hydrogens is 290 g/mol. The van der Waals surface area contributed by atoms with Crippen LogP contribution in [0.25, 0.3) is 5.57 Å². The lowest BCUT2D eigenvalue weighted by molar-refractivity contribution is -0.143. The molecule has 3 N–H and O–H groups in total. The molecule has 0 fully saturated rings. The second-order valence-corrected chi connectivity index (χ2v) is 5.60. The quantitative estimate of drug-likeness (QED) is 0.907. The molecule has 0 unspecified atom stereocenters. The van der Waals surface area contributed by atoms with E-state index in [1.807, 2.05) is 23.1 Å². The number of benzene rings is 1. The van der Waals surface area contributed by atoms with Gasteiger partial charge in [-0.3, -0.25) is 9.69 Å². The normalized spacial score (nSPS) is 16.6. The van der Waals surface area contributed by atoms with E-state index in [1.54, 1.807) is 18.3 Å². The highest BCUT2D eigenvalue weighted by atomic mass is 16.4. The van der Waals surface area contributed by atoms with Crippen molar-refractivity contribution in [2.45, 2.75) is 12.5 Å². The van der Waals surface area contributed by atoms with E-state index in [0.29, 0.717) is 24.5 Å². The van der Waals surface area contributed by atoms with Gasteiger partial charge in [-0.15, -0.1) is 0 Å². The zero-order chi connectivity index (χ0) is 16.2. The molecule has 2 aromatic rings. The lowest BCUT2D eigenvalue weighted by atomic mass is 9.97. The van der Waals surface area contributed by atoms with Gasteiger partial charge in [0.1, 0.15) is 11.9 Å². The maximum Gasteiger partial charge on any atom is 0.325 e. The Morgan fingerprint density at radius 1 is 1.22 bits per heavy atom. The summed E-state index contributed by atoms with van der Waals surface area (Å²) in [6.45, 7) is 1.30. The Balaban J connectivity index is 1.80. The average molecular weight is 309 g/mol. The first-order valence-electron chi connectivity index (χ1n) is 7.58. The predicted octanol–water partition coefficient (Wildman–Crippen LogP) is 2.58. The third kappa shape index (κ3) is 3.40. The molecule has 0 saturated carbocycles. The summed E-state index contributed by atoms with van der Waals surface area (Å²) in [6, 6.07) is 12.9. The topological polar surface area (TPSA) is 79.5 Å².